The molecule has 2 saturated heterocycles. The Morgan fingerprint density at radius 2 is 0.788 bits per heavy atom. The van der Waals surface area contributed by atoms with Crippen molar-refractivity contribution in [1.29, 1.82) is 0 Å². The number of methoxy groups -OCH3 is 2. The van der Waals surface area contributed by atoms with Gasteiger partial charge >= 0.3 is 48.0 Å². The third kappa shape index (κ3) is 15.8. The average Bonchev–Trinajstić information content (AvgIpc) is 0.672. The van der Waals surface area contributed by atoms with Crippen LogP contribution in [0.5, 0.6) is 0 Å². The Morgan fingerprint density at radius 3 is 1.06 bits per heavy atom. The molecular formula is C88H110N2O28. The van der Waals surface area contributed by atoms with Crippen molar-refractivity contribution in [2.24, 2.45) is 33.5 Å². The SMILES string of the molecule is CO[C@H]1C[C@H]2OC[C@@]2(OC(C)=O)[C@H]2[C@H](OC(=O)c3ccccc3)[C@]3(O)C[C@H](OC(=O)C(O)C(NC(=O)OC(C)(C)C)c4ccccc4)C(C)=C([C@@H](O)C(=O)[C@]12C)C3(C)C.CO[C@H]1C[C@H]2OC[C@@]2(OC(C)=O)[C@H]2[C@H](OC(=O)c3ccccc3)[C@]3(O)C[C@H](OC(=O)[C@@H](O)[C@@H](NC(=O)OC(C)(C)C)c4ccccc4)C(C)=C([C@@H](O)C(=O)[C@]12C)C3(C)C. The number of benzene rings is 4. The van der Waals surface area contributed by atoms with Gasteiger partial charge in [-0.25, -0.2) is 28.8 Å². The smallest absolute Gasteiger partial charge is 0.408 e. The van der Waals surface area contributed by atoms with Crippen molar-refractivity contribution < 1.29 is 135 Å². The van der Waals surface area contributed by atoms with Gasteiger partial charge in [0, 0.05) is 64.6 Å². The number of ether oxygens (including phenoxy) is 12. The maximum atomic E-state index is 15.2. The molecule has 8 N–H and O–H groups in total. The van der Waals surface area contributed by atoms with E-state index in [0.717, 1.165) is 0 Å². The van der Waals surface area contributed by atoms with E-state index in [1.165, 1.54) is 52.3 Å². The van der Waals surface area contributed by atoms with Gasteiger partial charge in [0.2, 0.25) is 0 Å². The second-order valence-electron chi connectivity index (χ2n) is 35.6. The molecule has 4 bridgehead atoms. The number of aliphatic hydroxyl groups is 6. The highest BCUT2D eigenvalue weighted by molar-refractivity contribution is 5.96. The van der Waals surface area contributed by atoms with Gasteiger partial charge in [-0.3, -0.25) is 19.2 Å². The van der Waals surface area contributed by atoms with E-state index in [0.29, 0.717) is 11.1 Å². The summed E-state index contributed by atoms with van der Waals surface area (Å²) in [6, 6.07) is 29.7. The quantitative estimate of drug-likeness (QED) is 0.0267. The predicted molar refractivity (Wildman–Crippen MR) is 417 cm³/mol. The summed E-state index contributed by atoms with van der Waals surface area (Å²) in [6.45, 7) is 24.4. The van der Waals surface area contributed by atoms with Crippen LogP contribution in [0, 0.1) is 33.5 Å². The van der Waals surface area contributed by atoms with Gasteiger partial charge in [-0.05, 0) is 127 Å². The van der Waals surface area contributed by atoms with Crippen LogP contribution in [0.15, 0.2) is 144 Å². The third-order valence-corrected chi connectivity index (χ3v) is 25.6. The molecule has 2 heterocycles. The molecule has 118 heavy (non-hydrogen) atoms. The summed E-state index contributed by atoms with van der Waals surface area (Å²) in [4.78, 5) is 139. The molecule has 8 aliphatic rings. The fourth-order valence-corrected chi connectivity index (χ4v) is 19.8. The summed E-state index contributed by atoms with van der Waals surface area (Å²) in [6.07, 6.45) is -20.6. The van der Waals surface area contributed by atoms with Crippen molar-refractivity contribution in [1.82, 2.24) is 10.6 Å². The molecule has 30 heteroatoms. The monoisotopic (exact) mass is 1640 g/mol. The number of amides is 2. The third-order valence-electron chi connectivity index (χ3n) is 25.6. The van der Waals surface area contributed by atoms with Crippen LogP contribution in [0.1, 0.15) is 180 Å². The summed E-state index contributed by atoms with van der Waals surface area (Å²) in [7, 11) is 2.78. The molecule has 640 valence electrons. The average molecular weight is 1640 g/mol. The van der Waals surface area contributed by atoms with E-state index in [2.05, 4.69) is 10.6 Å². The first-order chi connectivity index (χ1) is 55.1. The molecule has 6 aliphatic carbocycles. The van der Waals surface area contributed by atoms with E-state index in [4.69, 9.17) is 56.8 Å². The van der Waals surface area contributed by atoms with Crippen LogP contribution >= 0.6 is 0 Å². The Hall–Kier alpha value is -9.34. The highest BCUT2D eigenvalue weighted by atomic mass is 16.7. The zero-order valence-corrected chi connectivity index (χ0v) is 69.7. The largest absolute Gasteiger partial charge is 0.456 e. The van der Waals surface area contributed by atoms with Gasteiger partial charge in [-0.15, -0.1) is 0 Å². The maximum Gasteiger partial charge on any atom is 0.408 e. The Morgan fingerprint density at radius 1 is 0.483 bits per heavy atom. The summed E-state index contributed by atoms with van der Waals surface area (Å²) in [5.74, 6) is -9.95. The number of Topliss-reactive ketones (excluding diaryl/α,β-unsaturated/α-hetero) is 2. The number of esters is 6. The predicted octanol–water partition coefficient (Wildman–Crippen LogP) is 7.83. The molecule has 6 fully saturated rings. The van der Waals surface area contributed by atoms with Gasteiger partial charge in [0.1, 0.15) is 71.2 Å². The number of carbonyl (C=O) groups is 10. The fraction of sp³-hybridized carbons (Fsp3) is 0.568. The van der Waals surface area contributed by atoms with Gasteiger partial charge in [0.05, 0.1) is 71.3 Å². The molecule has 22 atom stereocenters. The zero-order chi connectivity index (χ0) is 86.9. The lowest BCUT2D eigenvalue weighted by Crippen LogP contribution is -2.82. The summed E-state index contributed by atoms with van der Waals surface area (Å²) < 4.78 is 71.7. The lowest BCUT2D eigenvalue weighted by Gasteiger charge is -2.67. The number of carbonyl (C=O) groups excluding carboxylic acids is 10. The van der Waals surface area contributed by atoms with E-state index in [9.17, 15) is 69.0 Å². The number of rotatable bonds is 18. The molecule has 2 unspecified atom stereocenters. The van der Waals surface area contributed by atoms with Crippen molar-refractivity contribution >= 4 is 59.6 Å². The lowest BCUT2D eigenvalue weighted by atomic mass is 9.44. The van der Waals surface area contributed by atoms with Crippen molar-refractivity contribution in [3.63, 3.8) is 0 Å². The van der Waals surface area contributed by atoms with Crippen LogP contribution in [0.2, 0.25) is 0 Å². The topological polar surface area (TPSA) is 427 Å². The van der Waals surface area contributed by atoms with Crippen molar-refractivity contribution in [2.45, 2.75) is 255 Å². The summed E-state index contributed by atoms with van der Waals surface area (Å²) in [5, 5.41) is 80.1. The maximum absolute atomic E-state index is 15.2. The molecule has 4 aromatic carbocycles. The molecule has 0 radical (unpaired) electrons. The first kappa shape index (κ1) is 89.4. The Balaban J connectivity index is 0.000000231. The van der Waals surface area contributed by atoms with Gasteiger partial charge in [-0.2, -0.15) is 0 Å². The second kappa shape index (κ2) is 33.0. The lowest BCUT2D eigenvalue weighted by molar-refractivity contribution is -0.347. The van der Waals surface area contributed by atoms with E-state index >= 15 is 9.59 Å². The second-order valence-corrected chi connectivity index (χ2v) is 35.6. The van der Waals surface area contributed by atoms with Crippen LogP contribution in [-0.2, 0) is 85.6 Å². The number of fused-ring (bicyclic) bond motifs is 10. The van der Waals surface area contributed by atoms with Gasteiger partial charge < -0.3 is 98.1 Å². The molecular weight excluding hydrogens is 1530 g/mol. The summed E-state index contributed by atoms with van der Waals surface area (Å²) >= 11 is 0. The van der Waals surface area contributed by atoms with Gasteiger partial charge in [0.15, 0.2) is 35.0 Å². The first-order valence-electron chi connectivity index (χ1n) is 39.4. The van der Waals surface area contributed by atoms with Crippen molar-refractivity contribution in [3.05, 3.63) is 166 Å². The Labute approximate surface area is 684 Å². The number of alkyl carbamates (subject to hydrolysis) is 2. The van der Waals surface area contributed by atoms with Crippen molar-refractivity contribution in [3.8, 4) is 0 Å². The number of hydrogen-bond donors (Lipinski definition) is 8. The summed E-state index contributed by atoms with van der Waals surface area (Å²) in [5.41, 5.74) is -15.1. The molecule has 30 nitrogen and oxygen atoms in total. The number of aliphatic hydroxyl groups excluding tert-OH is 4. The minimum Gasteiger partial charge on any atom is -0.456 e. The minimum absolute atomic E-state index is 0.00108. The van der Waals surface area contributed by atoms with E-state index < -0.39 is 225 Å². The Bertz CT molecular complexity index is 4270. The van der Waals surface area contributed by atoms with Crippen LogP contribution in [0.4, 0.5) is 9.59 Å². The molecule has 2 amide bonds. The van der Waals surface area contributed by atoms with Crippen LogP contribution in [-0.4, -0.2) is 224 Å². The van der Waals surface area contributed by atoms with Crippen LogP contribution < -0.4 is 10.6 Å². The van der Waals surface area contributed by atoms with E-state index in [-0.39, 0.29) is 59.5 Å². The fourth-order valence-electron chi connectivity index (χ4n) is 19.8. The number of hydrogen-bond acceptors (Lipinski definition) is 28. The molecule has 2 aliphatic heterocycles. The highest BCUT2D eigenvalue weighted by Crippen LogP contribution is 2.67. The van der Waals surface area contributed by atoms with E-state index in [1.807, 2.05) is 0 Å². The van der Waals surface area contributed by atoms with Crippen LogP contribution in [0.25, 0.3) is 0 Å². The first-order valence-corrected chi connectivity index (χ1v) is 39.4. The number of ketones is 2. The molecule has 12 rings (SSSR count). The normalized spacial score (nSPS) is 33.3. The van der Waals surface area contributed by atoms with Gasteiger partial charge in [0.25, 0.3) is 0 Å². The minimum atomic E-state index is -2.30. The molecule has 0 aromatic heterocycles. The zero-order valence-electron chi connectivity index (χ0n) is 69.7. The molecule has 4 saturated carbocycles. The van der Waals surface area contributed by atoms with Gasteiger partial charge in [-0.1, -0.05) is 125 Å². The molecule has 0 spiro atoms. The Kier molecular flexibility index (Phi) is 25.0. The number of nitrogens with one attached hydrogen (secondary N) is 2. The highest BCUT2D eigenvalue weighted by Gasteiger charge is 2.81. The van der Waals surface area contributed by atoms with Crippen LogP contribution in [0.3, 0.4) is 0 Å². The molecule has 4 aromatic rings. The standard InChI is InChI=1S/2C44H55NO14/c2*1-23-27(56-38(51)33(48)31(25-16-12-10-13-17-25)45-39(52)59-40(3,4)5)21-44(53)36(57-37(50)26-18-14-11-15-19-26)34-42(8,35(49)32(47)30(23)41(44,6)7)28(54-9)20-29-43(34,22-55-29)58-24(2)46/h2*10-19,27-29,31-34,36,47-48,53H,20-22H2,1-9H3,(H,45,52)/t27-,28-,29+,31?,32+,33?,34-,36-,42+,43-,44+;27-,28-,29+,31-,32+,33-,34-,36-,42+,43-,44+/m00/s1. The van der Waals surface area contributed by atoms with E-state index in [1.54, 1.807) is 194 Å². The van der Waals surface area contributed by atoms with Crippen molar-refractivity contribution in [2.75, 3.05) is 27.4 Å².